The van der Waals surface area contributed by atoms with Gasteiger partial charge in [-0.2, -0.15) is 5.10 Å². The van der Waals surface area contributed by atoms with E-state index in [0.29, 0.717) is 25.3 Å². The first-order valence-electron chi connectivity index (χ1n) is 9.22. The van der Waals surface area contributed by atoms with Crippen LogP contribution in [0, 0.1) is 0 Å². The molecule has 0 aliphatic carbocycles. The van der Waals surface area contributed by atoms with Gasteiger partial charge in [0.2, 0.25) is 5.91 Å². The monoisotopic (exact) mass is 383 g/mol. The molecule has 0 N–H and O–H groups in total. The van der Waals surface area contributed by atoms with Crippen LogP contribution in [0.1, 0.15) is 34.6 Å². The highest BCUT2D eigenvalue weighted by molar-refractivity contribution is 6.33. The summed E-state index contributed by atoms with van der Waals surface area (Å²) in [6.07, 6.45) is 1.67. The molecule has 1 aromatic heterocycles. The number of hydrogen-bond donors (Lipinski definition) is 0. The molecule has 1 saturated heterocycles. The quantitative estimate of drug-likeness (QED) is 0.773. The van der Waals surface area contributed by atoms with E-state index in [0.717, 1.165) is 26.2 Å². The molecule has 1 amide bonds. The Morgan fingerprint density at radius 2 is 1.77 bits per heavy atom. The van der Waals surface area contributed by atoms with Gasteiger partial charge in [-0.05, 0) is 34.6 Å². The zero-order valence-electron chi connectivity index (χ0n) is 16.5. The minimum Gasteiger partial charge on any atom is -0.366 e. The van der Waals surface area contributed by atoms with Gasteiger partial charge >= 0.3 is 0 Å². The molecule has 0 spiro atoms. The summed E-state index contributed by atoms with van der Waals surface area (Å²) < 4.78 is 1.41. The van der Waals surface area contributed by atoms with Gasteiger partial charge in [-0.15, -0.1) is 0 Å². The minimum atomic E-state index is -0.414. The van der Waals surface area contributed by atoms with E-state index in [9.17, 15) is 9.59 Å². The van der Waals surface area contributed by atoms with E-state index in [1.807, 2.05) is 39.5 Å². The van der Waals surface area contributed by atoms with Crippen LogP contribution < -0.4 is 10.5 Å². The normalized spacial score (nSPS) is 16.0. The molecule has 26 heavy (non-hydrogen) atoms. The first-order chi connectivity index (χ1) is 12.2. The van der Waals surface area contributed by atoms with Gasteiger partial charge in [-0.1, -0.05) is 11.6 Å². The lowest BCUT2D eigenvalue weighted by molar-refractivity contribution is -0.132. The second-order valence-electron chi connectivity index (χ2n) is 7.56. The molecule has 8 heteroatoms. The number of carbonyl (C=O) groups excluding carboxylic acids is 1. The molecule has 1 aliphatic heterocycles. The van der Waals surface area contributed by atoms with Crippen molar-refractivity contribution in [3.05, 3.63) is 21.6 Å². The maximum atomic E-state index is 12.5. The van der Waals surface area contributed by atoms with Gasteiger partial charge in [0.1, 0.15) is 5.02 Å². The van der Waals surface area contributed by atoms with Crippen LogP contribution in [0.3, 0.4) is 0 Å². The van der Waals surface area contributed by atoms with Crippen molar-refractivity contribution < 1.29 is 4.79 Å². The van der Waals surface area contributed by atoms with Crippen LogP contribution in [-0.2, 0) is 10.3 Å². The van der Waals surface area contributed by atoms with E-state index in [2.05, 4.69) is 14.9 Å². The SMILES string of the molecule is CCN(CC)C(=O)CN1CCN(c2cnn(C(C)(C)C)c(=O)c2Cl)CC1. The van der Waals surface area contributed by atoms with E-state index >= 15 is 0 Å². The molecule has 0 bridgehead atoms. The third-order valence-electron chi connectivity index (χ3n) is 4.72. The fraction of sp³-hybridized carbons (Fsp3) is 0.722. The number of likely N-dealkylation sites (N-methyl/N-ethyl adjacent to an activating group) is 1. The van der Waals surface area contributed by atoms with Crippen LogP contribution >= 0.6 is 11.6 Å². The van der Waals surface area contributed by atoms with E-state index in [4.69, 9.17) is 11.6 Å². The lowest BCUT2D eigenvalue weighted by Gasteiger charge is -2.36. The fourth-order valence-corrected chi connectivity index (χ4v) is 3.39. The largest absolute Gasteiger partial charge is 0.366 e. The van der Waals surface area contributed by atoms with Gasteiger partial charge in [0.25, 0.3) is 5.56 Å². The van der Waals surface area contributed by atoms with Crippen LogP contribution in [0.15, 0.2) is 11.0 Å². The molecule has 2 heterocycles. The number of nitrogens with zero attached hydrogens (tertiary/aromatic N) is 5. The summed E-state index contributed by atoms with van der Waals surface area (Å²) >= 11 is 6.35. The van der Waals surface area contributed by atoms with Crippen molar-refractivity contribution in [1.82, 2.24) is 19.6 Å². The molecule has 0 unspecified atom stereocenters. The Morgan fingerprint density at radius 1 is 1.19 bits per heavy atom. The third kappa shape index (κ3) is 4.57. The molecule has 1 aliphatic rings. The minimum absolute atomic E-state index is 0.163. The number of amides is 1. The standard InChI is InChI=1S/C18H30ClN5O2/c1-6-22(7-2)15(25)13-21-8-10-23(11-9-21)14-12-20-24(18(3,4)5)17(26)16(14)19/h12H,6-11,13H2,1-5H3. The number of hydrogen-bond acceptors (Lipinski definition) is 5. The van der Waals surface area contributed by atoms with Crippen molar-refractivity contribution in [2.45, 2.75) is 40.2 Å². The summed E-state index contributed by atoms with van der Waals surface area (Å²) in [5.74, 6) is 0.163. The Hall–Kier alpha value is -1.60. The molecule has 146 valence electrons. The molecule has 0 aromatic carbocycles. The van der Waals surface area contributed by atoms with Gasteiger partial charge in [0, 0.05) is 39.3 Å². The lowest BCUT2D eigenvalue weighted by Crippen LogP contribution is -2.50. The van der Waals surface area contributed by atoms with Crippen LogP contribution in [0.5, 0.6) is 0 Å². The fourth-order valence-electron chi connectivity index (χ4n) is 3.14. The van der Waals surface area contributed by atoms with Crippen molar-refractivity contribution in [3.63, 3.8) is 0 Å². The van der Waals surface area contributed by atoms with Crippen molar-refractivity contribution in [2.24, 2.45) is 0 Å². The summed E-state index contributed by atoms with van der Waals surface area (Å²) in [6, 6.07) is 0. The van der Waals surface area contributed by atoms with Gasteiger partial charge in [-0.3, -0.25) is 14.5 Å². The Labute approximate surface area is 160 Å². The zero-order valence-corrected chi connectivity index (χ0v) is 17.2. The Balaban J connectivity index is 2.03. The molecule has 1 fully saturated rings. The number of aromatic nitrogens is 2. The van der Waals surface area contributed by atoms with Gasteiger partial charge in [0.05, 0.1) is 24.0 Å². The highest BCUT2D eigenvalue weighted by atomic mass is 35.5. The maximum absolute atomic E-state index is 12.5. The summed E-state index contributed by atoms with van der Waals surface area (Å²) in [5.41, 5.74) is -0.00867. The van der Waals surface area contributed by atoms with Crippen LogP contribution in [0.2, 0.25) is 5.02 Å². The maximum Gasteiger partial charge on any atom is 0.288 e. The summed E-state index contributed by atoms with van der Waals surface area (Å²) in [6.45, 7) is 14.6. The molecular weight excluding hydrogens is 354 g/mol. The van der Waals surface area contributed by atoms with Crippen molar-refractivity contribution >= 4 is 23.2 Å². The first kappa shape index (κ1) is 20.7. The van der Waals surface area contributed by atoms with Crippen LogP contribution in [0.25, 0.3) is 0 Å². The van der Waals surface area contributed by atoms with Gasteiger partial charge < -0.3 is 9.80 Å². The van der Waals surface area contributed by atoms with Gasteiger partial charge in [0.15, 0.2) is 0 Å². The average molecular weight is 384 g/mol. The second-order valence-corrected chi connectivity index (χ2v) is 7.94. The highest BCUT2D eigenvalue weighted by Gasteiger charge is 2.25. The Bertz CT molecular complexity index is 686. The molecule has 7 nitrogen and oxygen atoms in total. The number of rotatable bonds is 5. The Kier molecular flexibility index (Phi) is 6.69. The molecule has 2 rings (SSSR count). The van der Waals surface area contributed by atoms with E-state index in [1.54, 1.807) is 6.20 Å². The van der Waals surface area contributed by atoms with Crippen LogP contribution in [-0.4, -0.2) is 71.3 Å². The second kappa shape index (κ2) is 8.39. The summed E-state index contributed by atoms with van der Waals surface area (Å²) in [7, 11) is 0. The predicted octanol–water partition coefficient (Wildman–Crippen LogP) is 1.64. The molecule has 0 atom stereocenters. The number of piperazine rings is 1. The Morgan fingerprint density at radius 3 is 2.27 bits per heavy atom. The third-order valence-corrected chi connectivity index (χ3v) is 5.08. The van der Waals surface area contributed by atoms with Crippen molar-refractivity contribution in [2.75, 3.05) is 50.7 Å². The topological polar surface area (TPSA) is 61.7 Å². The van der Waals surface area contributed by atoms with E-state index in [-0.39, 0.29) is 16.5 Å². The number of halogens is 1. The average Bonchev–Trinajstić information content (AvgIpc) is 2.58. The number of anilines is 1. The first-order valence-corrected chi connectivity index (χ1v) is 9.60. The molecule has 0 radical (unpaired) electrons. The van der Waals surface area contributed by atoms with Gasteiger partial charge in [-0.25, -0.2) is 4.68 Å². The van der Waals surface area contributed by atoms with Crippen molar-refractivity contribution in [3.8, 4) is 0 Å². The highest BCUT2D eigenvalue weighted by Crippen LogP contribution is 2.23. The molecule has 1 aromatic rings. The lowest BCUT2D eigenvalue weighted by atomic mass is 10.1. The van der Waals surface area contributed by atoms with E-state index < -0.39 is 5.54 Å². The van der Waals surface area contributed by atoms with E-state index in [1.165, 1.54) is 4.68 Å². The smallest absolute Gasteiger partial charge is 0.288 e. The summed E-state index contributed by atoms with van der Waals surface area (Å²) in [5, 5.41) is 4.51. The number of carbonyl (C=O) groups is 1. The molecule has 0 saturated carbocycles. The van der Waals surface area contributed by atoms with Crippen LogP contribution in [0.4, 0.5) is 5.69 Å². The predicted molar refractivity (Wildman–Crippen MR) is 105 cm³/mol. The van der Waals surface area contributed by atoms with Crippen molar-refractivity contribution in [1.29, 1.82) is 0 Å². The summed E-state index contributed by atoms with van der Waals surface area (Å²) in [4.78, 5) is 30.8. The molecular formula is C18H30ClN5O2. The zero-order chi connectivity index (χ0) is 19.5.